The van der Waals surface area contributed by atoms with Crippen LogP contribution < -0.4 is 5.32 Å². The van der Waals surface area contributed by atoms with Gasteiger partial charge in [-0.25, -0.2) is 9.59 Å². The molecule has 1 N–H and O–H groups in total. The molecule has 4 fully saturated rings. The number of carbonyl (C=O) groups is 2. The molecule has 3 aromatic rings. The zero-order chi connectivity index (χ0) is 33.9. The van der Waals surface area contributed by atoms with Crippen molar-refractivity contribution in [3.63, 3.8) is 0 Å². The van der Waals surface area contributed by atoms with E-state index >= 15 is 0 Å². The number of esters is 1. The summed E-state index contributed by atoms with van der Waals surface area (Å²) in [5.74, 6) is 1.58. The minimum Gasteiger partial charge on any atom is -0.457 e. The van der Waals surface area contributed by atoms with Gasteiger partial charge in [-0.2, -0.15) is 0 Å². The summed E-state index contributed by atoms with van der Waals surface area (Å²) in [5.41, 5.74) is 1.85. The molecule has 1 aromatic carbocycles. The van der Waals surface area contributed by atoms with Gasteiger partial charge in [0.25, 0.3) is 0 Å². The van der Waals surface area contributed by atoms with Crippen LogP contribution in [0, 0.1) is 127 Å². The summed E-state index contributed by atoms with van der Waals surface area (Å²) >= 11 is 0. The van der Waals surface area contributed by atoms with Crippen LogP contribution in [0.3, 0.4) is 0 Å². The summed E-state index contributed by atoms with van der Waals surface area (Å²) in [7, 11) is 0. The van der Waals surface area contributed by atoms with Gasteiger partial charge in [0.15, 0.2) is 0 Å². The van der Waals surface area contributed by atoms with Crippen LogP contribution in [0.5, 0.6) is 0 Å². The monoisotopic (exact) mass is 767 g/mol. The maximum atomic E-state index is 13.0. The van der Waals surface area contributed by atoms with Crippen molar-refractivity contribution >= 4 is 12.1 Å². The fraction of sp³-hybridized carbons (Fsp3) is 0.158. The molecule has 11 nitrogen and oxygen atoms in total. The fourth-order valence-electron chi connectivity index (χ4n) is 4.63. The van der Waals surface area contributed by atoms with Crippen LogP contribution in [-0.4, -0.2) is 48.1 Å². The molecule has 0 spiro atoms. The Bertz CT molecular complexity index is 1340. The van der Waals surface area contributed by atoms with E-state index in [9.17, 15) is 9.59 Å². The first kappa shape index (κ1) is 42.7. The smallest absolute Gasteiger partial charge is 0.457 e. The van der Waals surface area contributed by atoms with Crippen molar-refractivity contribution < 1.29 is 53.2 Å². The molecule has 0 unspecified atom stereocenters. The van der Waals surface area contributed by atoms with Crippen LogP contribution in [0.4, 0.5) is 4.79 Å². The van der Waals surface area contributed by atoms with Gasteiger partial charge in [0, 0.05) is 31.3 Å². The molecule has 0 bridgehead atoms. The second-order valence-corrected chi connectivity index (χ2v) is 10.9. The van der Waals surface area contributed by atoms with E-state index in [0.717, 1.165) is 17.4 Å². The number of alkyl carbamates (subject to hydrolysis) is 1. The molecular formula is C38H37Fe2N7O4+4. The molecule has 13 heteroatoms. The number of rotatable bonds is 12. The van der Waals surface area contributed by atoms with Crippen LogP contribution >= 0.6 is 0 Å². The van der Waals surface area contributed by atoms with Crippen LogP contribution in [0.25, 0.3) is 0 Å². The third kappa shape index (κ3) is 16.2. The number of benzene rings is 1. The molecule has 2 aromatic heterocycles. The van der Waals surface area contributed by atoms with E-state index in [2.05, 4.69) is 25.9 Å². The van der Waals surface area contributed by atoms with Crippen LogP contribution in [0.2, 0.25) is 0 Å². The predicted molar refractivity (Wildman–Crippen MR) is 181 cm³/mol. The number of hydrogen-bond acceptors (Lipinski definition) is 8. The summed E-state index contributed by atoms with van der Waals surface area (Å²) in [6.45, 7) is 0.971. The first-order valence-corrected chi connectivity index (χ1v) is 15.8. The summed E-state index contributed by atoms with van der Waals surface area (Å²) in [5, 5.41) is 18.9. The topological polar surface area (TPSA) is 126 Å². The van der Waals surface area contributed by atoms with Crippen molar-refractivity contribution in [3.05, 3.63) is 187 Å². The van der Waals surface area contributed by atoms with Crippen LogP contribution in [0.1, 0.15) is 17.0 Å². The third-order valence-corrected chi connectivity index (χ3v) is 7.01. The molecule has 260 valence electrons. The quantitative estimate of drug-likeness (QED) is 0.214. The molecule has 4 aliphatic carbocycles. The molecule has 20 radical (unpaired) electrons. The SMILES string of the molecule is O=C(N[C@@H](Cc1ccccc1)C(=O)OCc1cn(C[C]2[CH][CH][CH][CH]2)nn1)OCc1cn(C[C]2[CH][CH][CH][CH]2)nn1.[CH]1[CH][CH][CH][CH]1.[CH]1[CH][CH][CH][CH]1.[Fe+2].[Fe+2]. The minimum absolute atomic E-state index is 0. The molecule has 7 rings (SSSR count). The van der Waals surface area contributed by atoms with Gasteiger partial charge in [0.2, 0.25) is 0 Å². The van der Waals surface area contributed by atoms with E-state index in [1.54, 1.807) is 21.8 Å². The van der Waals surface area contributed by atoms with Gasteiger partial charge in [0.1, 0.15) is 30.6 Å². The van der Waals surface area contributed by atoms with E-state index in [1.807, 2.05) is 146 Å². The third-order valence-electron chi connectivity index (χ3n) is 7.01. The second-order valence-electron chi connectivity index (χ2n) is 10.9. The maximum absolute atomic E-state index is 13.0. The Kier molecular flexibility index (Phi) is 20.5. The number of ether oxygens (including phenoxy) is 2. The Morgan fingerprint density at radius 2 is 1.04 bits per heavy atom. The number of aromatic nitrogens is 6. The summed E-state index contributed by atoms with van der Waals surface area (Å²) < 4.78 is 14.1. The molecule has 0 saturated heterocycles. The average molecular weight is 767 g/mol. The van der Waals surface area contributed by atoms with Gasteiger partial charge >= 0.3 is 46.2 Å². The van der Waals surface area contributed by atoms with Gasteiger partial charge in [-0.05, 0) is 121 Å². The Morgan fingerprint density at radius 3 is 1.49 bits per heavy atom. The minimum atomic E-state index is -0.965. The Balaban J connectivity index is 0.000000504. The average Bonchev–Trinajstić information content (AvgIpc) is 3.97. The largest absolute Gasteiger partial charge is 2.00 e. The Morgan fingerprint density at radius 1 is 0.608 bits per heavy atom. The number of nitrogens with one attached hydrogen (secondary N) is 1. The standard InChI is InChI=1S/C28H27N7O4.2C5H5.2Fe/c36-27(38-19-24-17-34(32-30-24)15-22-10-4-5-11-22)26(14-21-8-2-1-3-9-21)29-28(37)39-20-25-18-35(33-31-25)16-23-12-6-7-13-23;2*1-2-4-5-3-1;;/h1-13,17-18,26H,14-16,19-20H2,(H,29,37);2*1-5H;;/q;;;2*+2/t26-;;;;/m0..../s1. The fourth-order valence-corrected chi connectivity index (χ4v) is 4.63. The first-order chi connectivity index (χ1) is 24.1. The Labute approximate surface area is 325 Å². The van der Waals surface area contributed by atoms with E-state index < -0.39 is 18.1 Å². The molecular weight excluding hydrogens is 730 g/mol. The number of nitrogens with zero attached hydrogens (tertiary/aromatic N) is 6. The van der Waals surface area contributed by atoms with Crippen molar-refractivity contribution in [3.8, 4) is 0 Å². The van der Waals surface area contributed by atoms with Crippen LogP contribution in [-0.2, 0) is 81.1 Å². The number of amides is 1. The molecule has 1 atom stereocenters. The molecule has 4 saturated carbocycles. The van der Waals surface area contributed by atoms with Gasteiger partial charge in [0.05, 0.1) is 12.4 Å². The van der Waals surface area contributed by atoms with Gasteiger partial charge in [-0.3, -0.25) is 9.36 Å². The Hall–Kier alpha value is -2.72. The van der Waals surface area contributed by atoms with E-state index in [-0.39, 0.29) is 53.8 Å². The van der Waals surface area contributed by atoms with Crippen molar-refractivity contribution in [2.45, 2.75) is 38.8 Å². The van der Waals surface area contributed by atoms with Gasteiger partial charge in [-0.1, -0.05) is 40.8 Å². The molecule has 51 heavy (non-hydrogen) atoms. The predicted octanol–water partition coefficient (Wildman–Crippen LogP) is 4.30. The van der Waals surface area contributed by atoms with Crippen molar-refractivity contribution in [2.75, 3.05) is 0 Å². The van der Waals surface area contributed by atoms with E-state index in [0.29, 0.717) is 24.5 Å². The molecule has 4 aliphatic rings. The molecule has 2 heterocycles. The maximum Gasteiger partial charge on any atom is 2.00 e. The normalized spacial score (nSPS) is 17.6. The van der Waals surface area contributed by atoms with E-state index in [1.165, 1.54) is 0 Å². The number of carbonyl (C=O) groups excluding carboxylic acids is 2. The van der Waals surface area contributed by atoms with Gasteiger partial charge < -0.3 is 14.8 Å². The first-order valence-electron chi connectivity index (χ1n) is 15.8. The second kappa shape index (κ2) is 24.5. The molecule has 1 amide bonds. The van der Waals surface area contributed by atoms with Crippen LogP contribution in [0.15, 0.2) is 42.7 Å². The summed E-state index contributed by atoms with van der Waals surface area (Å²) in [4.78, 5) is 25.6. The summed E-state index contributed by atoms with van der Waals surface area (Å²) in [6, 6.07) is 8.37. The van der Waals surface area contributed by atoms with Crippen molar-refractivity contribution in [2.24, 2.45) is 0 Å². The summed E-state index contributed by atoms with van der Waals surface area (Å²) in [6.07, 6.45) is 38.7. The van der Waals surface area contributed by atoms with Crippen molar-refractivity contribution in [1.29, 1.82) is 0 Å². The zero-order valence-corrected chi connectivity index (χ0v) is 29.8. The molecule has 0 aliphatic heterocycles. The van der Waals surface area contributed by atoms with E-state index in [4.69, 9.17) is 9.47 Å². The van der Waals surface area contributed by atoms with Gasteiger partial charge in [-0.15, -0.1) is 10.2 Å². The number of hydrogen-bond donors (Lipinski definition) is 1. The van der Waals surface area contributed by atoms with Crippen molar-refractivity contribution in [1.82, 2.24) is 35.3 Å². The zero-order valence-electron chi connectivity index (χ0n) is 27.6.